The Morgan fingerprint density at radius 3 is 2.75 bits per heavy atom. The normalized spacial score (nSPS) is 18.2. The standard InChI is InChI=1S/C19H21F3N4OS/c20-19(21,22)16-1-6-23-18(24-16)25-7-2-13(3-8-25)11-17(27)26-9-4-15-14(12-26)5-10-28-15/h1,5-6,10,13H,2-4,7-9,11-12H2. The maximum Gasteiger partial charge on any atom is 0.433 e. The number of carbonyl (C=O) groups is 1. The fraction of sp³-hybridized carbons (Fsp3) is 0.526. The van der Waals surface area contributed by atoms with E-state index < -0.39 is 11.9 Å². The lowest BCUT2D eigenvalue weighted by Gasteiger charge is -2.33. The zero-order valence-electron chi connectivity index (χ0n) is 15.3. The molecule has 0 radical (unpaired) electrons. The largest absolute Gasteiger partial charge is 0.433 e. The second-order valence-electron chi connectivity index (χ2n) is 7.31. The van der Waals surface area contributed by atoms with Crippen molar-refractivity contribution in [3.8, 4) is 0 Å². The Labute approximate surface area is 165 Å². The van der Waals surface area contributed by atoms with Gasteiger partial charge in [0, 0.05) is 43.7 Å². The molecule has 0 N–H and O–H groups in total. The summed E-state index contributed by atoms with van der Waals surface area (Å²) in [5.74, 6) is 0.532. The van der Waals surface area contributed by atoms with Crippen LogP contribution in [0, 0.1) is 5.92 Å². The molecule has 0 saturated carbocycles. The molecule has 2 aromatic heterocycles. The van der Waals surface area contributed by atoms with E-state index in [1.165, 1.54) is 10.4 Å². The lowest BCUT2D eigenvalue weighted by atomic mass is 9.92. The molecule has 9 heteroatoms. The Kier molecular flexibility index (Phi) is 5.27. The molecule has 28 heavy (non-hydrogen) atoms. The number of hydrogen-bond donors (Lipinski definition) is 0. The van der Waals surface area contributed by atoms with Crippen molar-refractivity contribution < 1.29 is 18.0 Å². The number of rotatable bonds is 3. The van der Waals surface area contributed by atoms with Crippen LogP contribution in [0.4, 0.5) is 19.1 Å². The first kappa shape index (κ1) is 19.2. The van der Waals surface area contributed by atoms with Crippen LogP contribution in [0.25, 0.3) is 0 Å². The van der Waals surface area contributed by atoms with Gasteiger partial charge in [0.15, 0.2) is 0 Å². The Bertz CT molecular complexity index is 846. The van der Waals surface area contributed by atoms with Gasteiger partial charge >= 0.3 is 6.18 Å². The first-order valence-corrected chi connectivity index (χ1v) is 10.3. The minimum absolute atomic E-state index is 0.112. The van der Waals surface area contributed by atoms with E-state index in [9.17, 15) is 18.0 Å². The fourth-order valence-electron chi connectivity index (χ4n) is 3.83. The third kappa shape index (κ3) is 4.14. The summed E-state index contributed by atoms with van der Waals surface area (Å²) < 4.78 is 38.5. The molecule has 2 aliphatic heterocycles. The Morgan fingerprint density at radius 1 is 1.21 bits per heavy atom. The number of halogens is 3. The molecular weight excluding hydrogens is 389 g/mol. The van der Waals surface area contributed by atoms with Crippen LogP contribution in [0.2, 0.25) is 0 Å². The Hall–Kier alpha value is -2.16. The van der Waals surface area contributed by atoms with E-state index in [1.807, 2.05) is 4.90 Å². The number of fused-ring (bicyclic) bond motifs is 1. The van der Waals surface area contributed by atoms with Gasteiger partial charge in [-0.15, -0.1) is 11.3 Å². The van der Waals surface area contributed by atoms with Gasteiger partial charge in [-0.05, 0) is 48.3 Å². The van der Waals surface area contributed by atoms with E-state index in [0.717, 1.165) is 38.1 Å². The van der Waals surface area contributed by atoms with E-state index >= 15 is 0 Å². The number of alkyl halides is 3. The number of hydrogen-bond acceptors (Lipinski definition) is 5. The molecule has 0 spiro atoms. The highest BCUT2D eigenvalue weighted by atomic mass is 32.1. The zero-order valence-corrected chi connectivity index (χ0v) is 16.1. The third-order valence-corrected chi connectivity index (χ3v) is 6.48. The Balaban J connectivity index is 1.31. The van der Waals surface area contributed by atoms with E-state index in [2.05, 4.69) is 21.4 Å². The van der Waals surface area contributed by atoms with Crippen LogP contribution >= 0.6 is 11.3 Å². The van der Waals surface area contributed by atoms with Crippen LogP contribution in [0.15, 0.2) is 23.7 Å². The van der Waals surface area contributed by atoms with Crippen molar-refractivity contribution in [2.75, 3.05) is 24.5 Å². The number of amides is 1. The average Bonchev–Trinajstić information content (AvgIpc) is 3.16. The van der Waals surface area contributed by atoms with Gasteiger partial charge in [0.05, 0.1) is 0 Å². The summed E-state index contributed by atoms with van der Waals surface area (Å²) in [6.07, 6.45) is -0.401. The molecule has 5 nitrogen and oxygen atoms in total. The molecule has 0 atom stereocenters. The summed E-state index contributed by atoms with van der Waals surface area (Å²) in [7, 11) is 0. The monoisotopic (exact) mass is 410 g/mol. The Morgan fingerprint density at radius 2 is 2.00 bits per heavy atom. The molecule has 0 bridgehead atoms. The van der Waals surface area contributed by atoms with Crippen LogP contribution in [-0.4, -0.2) is 40.4 Å². The van der Waals surface area contributed by atoms with Crippen LogP contribution in [0.5, 0.6) is 0 Å². The van der Waals surface area contributed by atoms with Gasteiger partial charge in [-0.3, -0.25) is 4.79 Å². The summed E-state index contributed by atoms with van der Waals surface area (Å²) in [5, 5.41) is 2.07. The van der Waals surface area contributed by atoms with Gasteiger partial charge in [0.2, 0.25) is 11.9 Å². The first-order valence-electron chi connectivity index (χ1n) is 9.38. The van der Waals surface area contributed by atoms with Crippen molar-refractivity contribution in [2.24, 2.45) is 5.92 Å². The average molecular weight is 410 g/mol. The molecule has 2 aliphatic rings. The van der Waals surface area contributed by atoms with Crippen LogP contribution in [0.3, 0.4) is 0 Å². The molecule has 0 aliphatic carbocycles. The van der Waals surface area contributed by atoms with Gasteiger partial charge < -0.3 is 9.80 Å². The van der Waals surface area contributed by atoms with Crippen molar-refractivity contribution in [3.63, 3.8) is 0 Å². The topological polar surface area (TPSA) is 49.3 Å². The first-order chi connectivity index (χ1) is 13.4. The number of anilines is 1. The van der Waals surface area contributed by atoms with Crippen LogP contribution < -0.4 is 4.90 Å². The highest BCUT2D eigenvalue weighted by Crippen LogP contribution is 2.30. The van der Waals surface area contributed by atoms with Gasteiger partial charge in [0.25, 0.3) is 0 Å². The second kappa shape index (κ2) is 7.69. The lowest BCUT2D eigenvalue weighted by Crippen LogP contribution is -2.39. The third-order valence-electron chi connectivity index (χ3n) is 5.45. The highest BCUT2D eigenvalue weighted by molar-refractivity contribution is 7.10. The minimum atomic E-state index is -4.47. The van der Waals surface area contributed by atoms with Gasteiger partial charge in [-0.2, -0.15) is 13.2 Å². The maximum atomic E-state index is 12.8. The number of nitrogens with zero attached hydrogens (tertiary/aromatic N) is 4. The SMILES string of the molecule is O=C(CC1CCN(c2nccc(C(F)(F)F)n2)CC1)N1CCc2sccc2C1. The fourth-order valence-corrected chi connectivity index (χ4v) is 4.72. The van der Waals surface area contributed by atoms with E-state index in [-0.39, 0.29) is 17.8 Å². The number of aromatic nitrogens is 2. The lowest BCUT2D eigenvalue weighted by molar-refractivity contribution is -0.141. The van der Waals surface area contributed by atoms with Gasteiger partial charge in [-0.25, -0.2) is 9.97 Å². The van der Waals surface area contributed by atoms with Crippen molar-refractivity contribution >= 4 is 23.2 Å². The number of piperidine rings is 1. The minimum Gasteiger partial charge on any atom is -0.341 e. The molecule has 2 aromatic rings. The molecule has 1 fully saturated rings. The van der Waals surface area contributed by atoms with Crippen molar-refractivity contribution in [2.45, 2.75) is 38.4 Å². The zero-order chi connectivity index (χ0) is 19.7. The predicted molar refractivity (Wildman–Crippen MR) is 100 cm³/mol. The summed E-state index contributed by atoms with van der Waals surface area (Å²) in [6, 6.07) is 2.97. The molecule has 0 aromatic carbocycles. The van der Waals surface area contributed by atoms with Crippen molar-refractivity contribution in [1.29, 1.82) is 0 Å². The molecule has 0 unspecified atom stereocenters. The quantitative estimate of drug-likeness (QED) is 0.773. The number of carbonyl (C=O) groups excluding carboxylic acids is 1. The summed E-state index contributed by atoms with van der Waals surface area (Å²) in [5.41, 5.74) is 0.328. The molecule has 1 saturated heterocycles. The molecule has 1 amide bonds. The molecular formula is C19H21F3N4OS. The van der Waals surface area contributed by atoms with E-state index in [1.54, 1.807) is 16.2 Å². The molecule has 4 heterocycles. The summed E-state index contributed by atoms with van der Waals surface area (Å²) in [6.45, 7) is 2.58. The predicted octanol–water partition coefficient (Wildman–Crippen LogP) is 3.75. The van der Waals surface area contributed by atoms with E-state index in [0.29, 0.717) is 26.1 Å². The number of thiophene rings is 1. The van der Waals surface area contributed by atoms with Crippen molar-refractivity contribution in [3.05, 3.63) is 39.8 Å². The molecule has 4 rings (SSSR count). The van der Waals surface area contributed by atoms with Crippen LogP contribution in [0.1, 0.15) is 35.4 Å². The summed E-state index contributed by atoms with van der Waals surface area (Å²) >= 11 is 1.75. The van der Waals surface area contributed by atoms with Crippen LogP contribution in [-0.2, 0) is 23.9 Å². The highest BCUT2D eigenvalue weighted by Gasteiger charge is 2.34. The van der Waals surface area contributed by atoms with Crippen molar-refractivity contribution in [1.82, 2.24) is 14.9 Å². The molecule has 150 valence electrons. The summed E-state index contributed by atoms with van der Waals surface area (Å²) in [4.78, 5) is 25.4. The van der Waals surface area contributed by atoms with E-state index in [4.69, 9.17) is 0 Å². The second-order valence-corrected chi connectivity index (χ2v) is 8.31. The van der Waals surface area contributed by atoms with Gasteiger partial charge in [0.1, 0.15) is 5.69 Å². The maximum absolute atomic E-state index is 12.8. The van der Waals surface area contributed by atoms with Gasteiger partial charge in [-0.1, -0.05) is 0 Å². The smallest absolute Gasteiger partial charge is 0.341 e.